The van der Waals surface area contributed by atoms with Crippen LogP contribution in [0.25, 0.3) is 0 Å². The molecule has 0 saturated heterocycles. The van der Waals surface area contributed by atoms with E-state index in [1.807, 2.05) is 20.8 Å². The first-order chi connectivity index (χ1) is 11.3. The molecule has 1 aromatic rings. The van der Waals surface area contributed by atoms with Crippen molar-refractivity contribution >= 4 is 28.2 Å². The van der Waals surface area contributed by atoms with Crippen molar-refractivity contribution in [3.8, 4) is 0 Å². The van der Waals surface area contributed by atoms with Crippen molar-refractivity contribution in [2.75, 3.05) is 11.9 Å². The van der Waals surface area contributed by atoms with E-state index in [-0.39, 0.29) is 11.9 Å². The monoisotopic (exact) mass is 351 g/mol. The summed E-state index contributed by atoms with van der Waals surface area (Å²) in [5.74, 6) is 0.298. The first-order valence-corrected chi connectivity index (χ1v) is 9.72. The Morgan fingerprint density at radius 1 is 1.29 bits per heavy atom. The van der Waals surface area contributed by atoms with Gasteiger partial charge in [0.05, 0.1) is 12.2 Å². The topological polar surface area (TPSA) is 55.4 Å². The summed E-state index contributed by atoms with van der Waals surface area (Å²) in [4.78, 5) is 26.1. The Morgan fingerprint density at radius 3 is 2.58 bits per heavy atom. The van der Waals surface area contributed by atoms with Gasteiger partial charge in [-0.1, -0.05) is 40.5 Å². The number of hydrogen-bond donors (Lipinski definition) is 1. The second-order valence-electron chi connectivity index (χ2n) is 7.53. The van der Waals surface area contributed by atoms with Crippen LogP contribution in [-0.4, -0.2) is 18.5 Å². The number of thiophene rings is 1. The van der Waals surface area contributed by atoms with Gasteiger partial charge in [0.25, 0.3) is 0 Å². The lowest BCUT2D eigenvalue weighted by Crippen LogP contribution is -2.28. The maximum absolute atomic E-state index is 12.5. The van der Waals surface area contributed by atoms with Crippen LogP contribution in [0.5, 0.6) is 0 Å². The lowest BCUT2D eigenvalue weighted by Gasteiger charge is -2.22. The molecule has 1 atom stereocenters. The molecular formula is C19H29NO3S. The average Bonchev–Trinajstić information content (AvgIpc) is 2.84. The number of rotatable bonds is 5. The minimum absolute atomic E-state index is 0.0725. The zero-order valence-corrected chi connectivity index (χ0v) is 16.3. The molecule has 0 unspecified atom stereocenters. The normalized spacial score (nSPS) is 17.3. The van der Waals surface area contributed by atoms with Crippen molar-refractivity contribution in [2.45, 2.75) is 66.7 Å². The SMILES string of the molecule is CCC[C@H]1CCc2c(sc(NC(=O)C(C)(C)C)c2C(=O)OCC)C1. The van der Waals surface area contributed by atoms with Crippen LogP contribution >= 0.6 is 11.3 Å². The van der Waals surface area contributed by atoms with Crippen LogP contribution in [0.1, 0.15) is 74.7 Å². The number of amides is 1. The third-order valence-electron chi connectivity index (χ3n) is 4.45. The summed E-state index contributed by atoms with van der Waals surface area (Å²) in [6, 6.07) is 0. The first-order valence-electron chi connectivity index (χ1n) is 8.91. The highest BCUT2D eigenvalue weighted by Gasteiger charge is 2.31. The van der Waals surface area contributed by atoms with E-state index in [2.05, 4.69) is 12.2 Å². The Kier molecular flexibility index (Phi) is 6.07. The lowest BCUT2D eigenvalue weighted by atomic mass is 9.84. The minimum Gasteiger partial charge on any atom is -0.462 e. The summed E-state index contributed by atoms with van der Waals surface area (Å²) in [7, 11) is 0. The van der Waals surface area contributed by atoms with Gasteiger partial charge in [-0.25, -0.2) is 4.79 Å². The van der Waals surface area contributed by atoms with Gasteiger partial charge in [-0.15, -0.1) is 11.3 Å². The number of anilines is 1. The zero-order chi connectivity index (χ0) is 17.9. The molecule has 0 spiro atoms. The lowest BCUT2D eigenvalue weighted by molar-refractivity contribution is -0.123. The molecule has 0 radical (unpaired) electrons. The van der Waals surface area contributed by atoms with Crippen molar-refractivity contribution in [1.82, 2.24) is 0 Å². The van der Waals surface area contributed by atoms with Gasteiger partial charge in [0.2, 0.25) is 5.91 Å². The van der Waals surface area contributed by atoms with Gasteiger partial charge >= 0.3 is 5.97 Å². The molecule has 0 fully saturated rings. The smallest absolute Gasteiger partial charge is 0.341 e. The Balaban J connectivity index is 2.35. The van der Waals surface area contributed by atoms with Crippen LogP contribution in [0.15, 0.2) is 0 Å². The van der Waals surface area contributed by atoms with E-state index in [0.29, 0.717) is 23.1 Å². The third-order valence-corrected chi connectivity index (χ3v) is 5.62. The van der Waals surface area contributed by atoms with Crippen LogP contribution in [0.2, 0.25) is 0 Å². The molecule has 0 bridgehead atoms. The number of esters is 1. The van der Waals surface area contributed by atoms with Crippen LogP contribution in [-0.2, 0) is 22.4 Å². The van der Waals surface area contributed by atoms with E-state index in [9.17, 15) is 9.59 Å². The average molecular weight is 352 g/mol. The quantitative estimate of drug-likeness (QED) is 0.774. The Bertz CT molecular complexity index is 613. The maximum Gasteiger partial charge on any atom is 0.341 e. The first kappa shape index (κ1) is 19.0. The number of ether oxygens (including phenoxy) is 1. The number of nitrogens with one attached hydrogen (secondary N) is 1. The highest BCUT2D eigenvalue weighted by atomic mass is 32.1. The molecular weight excluding hydrogens is 322 g/mol. The summed E-state index contributed by atoms with van der Waals surface area (Å²) in [5, 5.41) is 3.64. The number of carbonyl (C=O) groups is 2. The van der Waals surface area contributed by atoms with Gasteiger partial charge in [0, 0.05) is 10.3 Å². The second-order valence-corrected chi connectivity index (χ2v) is 8.64. The molecule has 24 heavy (non-hydrogen) atoms. The van der Waals surface area contributed by atoms with Gasteiger partial charge in [-0.05, 0) is 37.7 Å². The standard InChI is InChI=1S/C19H29NO3S/c1-6-8-12-9-10-13-14(11-12)24-16(15(13)17(21)23-7-2)20-18(22)19(3,4)5/h12H,6-11H2,1-5H3,(H,20,22)/t12-/m0/s1. The predicted octanol–water partition coefficient (Wildman–Crippen LogP) is 4.81. The van der Waals surface area contributed by atoms with Crippen molar-refractivity contribution in [3.05, 3.63) is 16.0 Å². The summed E-state index contributed by atoms with van der Waals surface area (Å²) >= 11 is 1.56. The number of hydrogen-bond acceptors (Lipinski definition) is 4. The van der Waals surface area contributed by atoms with Crippen molar-refractivity contribution < 1.29 is 14.3 Å². The van der Waals surface area contributed by atoms with E-state index in [4.69, 9.17) is 4.74 Å². The summed E-state index contributed by atoms with van der Waals surface area (Å²) in [6.07, 6.45) is 5.41. The molecule has 1 aliphatic carbocycles. The number of carbonyl (C=O) groups excluding carboxylic acids is 2. The molecule has 5 heteroatoms. The Hall–Kier alpha value is -1.36. The molecule has 0 aromatic carbocycles. The van der Waals surface area contributed by atoms with E-state index >= 15 is 0 Å². The van der Waals surface area contributed by atoms with Crippen LogP contribution in [0.3, 0.4) is 0 Å². The van der Waals surface area contributed by atoms with Gasteiger partial charge in [-0.3, -0.25) is 4.79 Å². The van der Waals surface area contributed by atoms with E-state index in [0.717, 1.165) is 24.8 Å². The molecule has 1 aromatic heterocycles. The molecule has 1 amide bonds. The Morgan fingerprint density at radius 2 is 2.00 bits per heavy atom. The number of fused-ring (bicyclic) bond motifs is 1. The molecule has 1 aliphatic rings. The maximum atomic E-state index is 12.5. The zero-order valence-electron chi connectivity index (χ0n) is 15.5. The van der Waals surface area contributed by atoms with Gasteiger partial charge in [0.1, 0.15) is 5.00 Å². The predicted molar refractivity (Wildman–Crippen MR) is 98.8 cm³/mol. The van der Waals surface area contributed by atoms with Gasteiger partial charge in [-0.2, -0.15) is 0 Å². The third kappa shape index (κ3) is 4.18. The fourth-order valence-electron chi connectivity index (χ4n) is 3.11. The molecule has 0 aliphatic heterocycles. The Labute approximate surface area is 149 Å². The van der Waals surface area contributed by atoms with Crippen LogP contribution < -0.4 is 5.32 Å². The fourth-order valence-corrected chi connectivity index (χ4v) is 4.45. The van der Waals surface area contributed by atoms with Crippen molar-refractivity contribution in [1.29, 1.82) is 0 Å². The van der Waals surface area contributed by atoms with E-state index in [1.165, 1.54) is 17.7 Å². The van der Waals surface area contributed by atoms with Crippen molar-refractivity contribution in [2.24, 2.45) is 11.3 Å². The van der Waals surface area contributed by atoms with Crippen molar-refractivity contribution in [3.63, 3.8) is 0 Å². The molecule has 0 saturated carbocycles. The summed E-state index contributed by atoms with van der Waals surface area (Å²) < 4.78 is 5.25. The fraction of sp³-hybridized carbons (Fsp3) is 0.684. The molecule has 4 nitrogen and oxygen atoms in total. The molecule has 2 rings (SSSR count). The largest absolute Gasteiger partial charge is 0.462 e. The van der Waals surface area contributed by atoms with Crippen LogP contribution in [0, 0.1) is 11.3 Å². The van der Waals surface area contributed by atoms with Crippen LogP contribution in [0.4, 0.5) is 5.00 Å². The van der Waals surface area contributed by atoms with E-state index < -0.39 is 5.41 Å². The van der Waals surface area contributed by atoms with Gasteiger partial charge in [0.15, 0.2) is 0 Å². The van der Waals surface area contributed by atoms with Gasteiger partial charge < -0.3 is 10.1 Å². The minimum atomic E-state index is -0.499. The molecule has 1 heterocycles. The molecule has 1 N–H and O–H groups in total. The molecule has 134 valence electrons. The van der Waals surface area contributed by atoms with E-state index in [1.54, 1.807) is 18.3 Å². The summed E-state index contributed by atoms with van der Waals surface area (Å²) in [6.45, 7) is 9.98. The summed E-state index contributed by atoms with van der Waals surface area (Å²) in [5.41, 5.74) is 1.18. The highest BCUT2D eigenvalue weighted by molar-refractivity contribution is 7.17. The highest BCUT2D eigenvalue weighted by Crippen LogP contribution is 2.41. The second kappa shape index (κ2) is 7.68.